The molecular formula is C25H33ClN6O2. The normalized spacial score (nSPS) is 18.1. The second-order valence-electron chi connectivity index (χ2n) is 10.2. The molecule has 1 saturated heterocycles. The molecule has 3 N–H and O–H groups in total. The Bertz CT molecular complexity index is 1170. The summed E-state index contributed by atoms with van der Waals surface area (Å²) in [6.07, 6.45) is 3.64. The first kappa shape index (κ1) is 24.3. The Morgan fingerprint density at radius 1 is 1.21 bits per heavy atom. The van der Waals surface area contributed by atoms with Gasteiger partial charge in [0.1, 0.15) is 17.1 Å². The molecule has 9 heteroatoms. The number of hydrogen-bond acceptors (Lipinski definition) is 6. The fourth-order valence-electron chi connectivity index (χ4n) is 4.81. The lowest BCUT2D eigenvalue weighted by atomic mass is 9.77. The van der Waals surface area contributed by atoms with Crippen LogP contribution in [0.1, 0.15) is 40.5 Å². The molecule has 1 amide bonds. The number of amides is 1. The number of ether oxygens (including phenoxy) is 1. The minimum atomic E-state index is -0.180. The summed E-state index contributed by atoms with van der Waals surface area (Å²) in [5, 5.41) is 6.78. The van der Waals surface area contributed by atoms with E-state index < -0.39 is 0 Å². The highest BCUT2D eigenvalue weighted by atomic mass is 35.5. The molecule has 1 aliphatic heterocycles. The highest BCUT2D eigenvalue weighted by Crippen LogP contribution is 2.40. The third-order valence-electron chi connectivity index (χ3n) is 6.90. The summed E-state index contributed by atoms with van der Waals surface area (Å²) >= 11 is 6.60. The predicted molar refractivity (Wildman–Crippen MR) is 136 cm³/mol. The van der Waals surface area contributed by atoms with E-state index >= 15 is 0 Å². The number of carbonyl (C=O) groups is 1. The van der Waals surface area contributed by atoms with Crippen LogP contribution in [0.2, 0.25) is 5.02 Å². The third kappa shape index (κ3) is 4.83. The first-order valence-corrected chi connectivity index (χ1v) is 11.9. The highest BCUT2D eigenvalue weighted by molar-refractivity contribution is 6.34. The van der Waals surface area contributed by atoms with E-state index in [-0.39, 0.29) is 29.6 Å². The van der Waals surface area contributed by atoms with Gasteiger partial charge in [-0.1, -0.05) is 11.6 Å². The predicted octanol–water partition coefficient (Wildman–Crippen LogP) is 4.47. The van der Waals surface area contributed by atoms with E-state index in [0.29, 0.717) is 22.2 Å². The van der Waals surface area contributed by atoms with Crippen LogP contribution in [0.25, 0.3) is 22.6 Å². The molecule has 0 saturated carbocycles. The van der Waals surface area contributed by atoms with Crippen molar-refractivity contribution in [2.45, 2.75) is 57.7 Å². The molecule has 34 heavy (non-hydrogen) atoms. The second kappa shape index (κ2) is 9.07. The van der Waals surface area contributed by atoms with E-state index in [1.54, 1.807) is 13.2 Å². The lowest BCUT2D eigenvalue weighted by molar-refractivity contribution is -0.122. The maximum Gasteiger partial charge on any atom is 0.257 e. The van der Waals surface area contributed by atoms with E-state index in [0.717, 1.165) is 29.6 Å². The summed E-state index contributed by atoms with van der Waals surface area (Å²) < 4.78 is 5.48. The number of fused-ring (bicyclic) bond motifs is 1. The average Bonchev–Trinajstić information content (AvgIpc) is 3.22. The number of carbonyl (C=O) groups excluding carboxylic acids is 1. The number of pyridine rings is 1. The van der Waals surface area contributed by atoms with Crippen molar-refractivity contribution in [1.82, 2.24) is 25.2 Å². The monoisotopic (exact) mass is 484 g/mol. The van der Waals surface area contributed by atoms with Crippen molar-refractivity contribution in [1.29, 1.82) is 0 Å². The Balaban J connectivity index is 1.59. The Morgan fingerprint density at radius 3 is 2.47 bits per heavy atom. The molecule has 4 rings (SSSR count). The minimum absolute atomic E-state index is 0.0253. The number of H-pyrrole nitrogens is 1. The number of aromatic nitrogens is 3. The van der Waals surface area contributed by atoms with Crippen LogP contribution in [0, 0.1) is 0 Å². The molecule has 0 bridgehead atoms. The third-order valence-corrected chi connectivity index (χ3v) is 7.19. The molecule has 0 unspecified atom stereocenters. The largest absolute Gasteiger partial charge is 0.484 e. The number of likely N-dealkylation sites (tertiary alicyclic amines) is 1. The molecule has 3 aromatic rings. The van der Waals surface area contributed by atoms with Gasteiger partial charge in [0.25, 0.3) is 5.91 Å². The van der Waals surface area contributed by atoms with E-state index in [1.807, 2.05) is 24.3 Å². The van der Waals surface area contributed by atoms with Crippen molar-refractivity contribution >= 4 is 34.4 Å². The molecule has 1 aromatic carbocycles. The van der Waals surface area contributed by atoms with Gasteiger partial charge >= 0.3 is 0 Å². The Morgan fingerprint density at radius 2 is 1.85 bits per heavy atom. The van der Waals surface area contributed by atoms with Gasteiger partial charge in [-0.15, -0.1) is 0 Å². The number of aromatic amines is 1. The van der Waals surface area contributed by atoms with Crippen LogP contribution < -0.4 is 15.4 Å². The van der Waals surface area contributed by atoms with Gasteiger partial charge in [0.2, 0.25) is 0 Å². The van der Waals surface area contributed by atoms with Gasteiger partial charge in [0, 0.05) is 29.7 Å². The standard InChI is InChI=1S/C25H33ClN6O2/c1-24(2)11-16(12-25(3,4)32(24)6)29-20-18(26)13-28-23-21(20)30-22(31-23)15-7-9-17(10-8-15)34-14-19(33)27-5/h7-10,13,16H,11-12,14H2,1-6H3,(H,27,33)(H2,28,29,30,31). The first-order chi connectivity index (χ1) is 16.0. The van der Waals surface area contributed by atoms with Crippen LogP contribution >= 0.6 is 11.6 Å². The van der Waals surface area contributed by atoms with Crippen molar-refractivity contribution in [2.75, 3.05) is 26.0 Å². The van der Waals surface area contributed by atoms with Crippen LogP contribution in [-0.2, 0) is 4.79 Å². The van der Waals surface area contributed by atoms with Crippen molar-refractivity contribution in [3.05, 3.63) is 35.5 Å². The first-order valence-electron chi connectivity index (χ1n) is 11.5. The molecule has 0 aliphatic carbocycles. The van der Waals surface area contributed by atoms with Gasteiger partial charge in [0.05, 0.1) is 16.9 Å². The van der Waals surface area contributed by atoms with Gasteiger partial charge < -0.3 is 20.4 Å². The fourth-order valence-corrected chi connectivity index (χ4v) is 5.01. The number of nitrogens with one attached hydrogen (secondary N) is 3. The van der Waals surface area contributed by atoms with Gasteiger partial charge in [-0.2, -0.15) is 0 Å². The van der Waals surface area contributed by atoms with Crippen LogP contribution in [0.15, 0.2) is 30.5 Å². The van der Waals surface area contributed by atoms with Gasteiger partial charge in [0.15, 0.2) is 12.3 Å². The lowest BCUT2D eigenvalue weighted by Crippen LogP contribution is -2.61. The van der Waals surface area contributed by atoms with Crippen molar-refractivity contribution in [3.63, 3.8) is 0 Å². The topological polar surface area (TPSA) is 95.2 Å². The van der Waals surface area contributed by atoms with Crippen molar-refractivity contribution < 1.29 is 9.53 Å². The van der Waals surface area contributed by atoms with Crippen LogP contribution in [0.4, 0.5) is 5.69 Å². The molecule has 8 nitrogen and oxygen atoms in total. The molecule has 0 radical (unpaired) electrons. The molecule has 0 spiro atoms. The fraction of sp³-hybridized carbons (Fsp3) is 0.480. The maximum atomic E-state index is 11.4. The van der Waals surface area contributed by atoms with Crippen molar-refractivity contribution in [3.8, 4) is 17.1 Å². The molecular weight excluding hydrogens is 452 g/mol. The van der Waals surface area contributed by atoms with Crippen LogP contribution in [0.5, 0.6) is 5.75 Å². The zero-order valence-corrected chi connectivity index (χ0v) is 21.4. The number of imidazole rings is 1. The minimum Gasteiger partial charge on any atom is -0.484 e. The Kier molecular flexibility index (Phi) is 6.48. The van der Waals surface area contributed by atoms with Gasteiger partial charge in [-0.25, -0.2) is 9.97 Å². The molecule has 1 aliphatic rings. The zero-order valence-electron chi connectivity index (χ0n) is 20.6. The second-order valence-corrected chi connectivity index (χ2v) is 10.6. The van der Waals surface area contributed by atoms with Gasteiger partial charge in [-0.3, -0.25) is 9.69 Å². The summed E-state index contributed by atoms with van der Waals surface area (Å²) in [7, 11) is 3.77. The number of rotatable bonds is 6. The van der Waals surface area contributed by atoms with Crippen LogP contribution in [-0.4, -0.2) is 63.6 Å². The Hall–Kier alpha value is -2.84. The number of benzene rings is 1. The highest BCUT2D eigenvalue weighted by Gasteiger charge is 2.43. The summed E-state index contributed by atoms with van der Waals surface area (Å²) in [5.74, 6) is 1.12. The van der Waals surface area contributed by atoms with E-state index in [9.17, 15) is 4.79 Å². The SMILES string of the molecule is CNC(=O)COc1ccc(-c2nc3c(NC4CC(C)(C)N(C)C(C)(C)C4)c(Cl)cnc3[nH]2)cc1. The average molecular weight is 485 g/mol. The number of nitrogens with zero attached hydrogens (tertiary/aromatic N) is 3. The zero-order chi connectivity index (χ0) is 24.7. The molecule has 1 fully saturated rings. The maximum absolute atomic E-state index is 11.4. The number of hydrogen-bond donors (Lipinski definition) is 3. The molecule has 2 aromatic heterocycles. The number of halogens is 1. The van der Waals surface area contributed by atoms with Gasteiger partial charge in [-0.05, 0) is 71.8 Å². The van der Waals surface area contributed by atoms with Crippen molar-refractivity contribution in [2.24, 2.45) is 0 Å². The molecule has 3 heterocycles. The summed E-state index contributed by atoms with van der Waals surface area (Å²) in [4.78, 5) is 26.4. The number of piperidine rings is 1. The van der Waals surface area contributed by atoms with E-state index in [1.165, 1.54) is 0 Å². The Labute approximate surface area is 205 Å². The summed E-state index contributed by atoms with van der Waals surface area (Å²) in [5.41, 5.74) is 3.19. The number of likely N-dealkylation sites (N-methyl/N-ethyl adjacent to an activating group) is 1. The van der Waals surface area contributed by atoms with E-state index in [2.05, 4.69) is 60.2 Å². The molecule has 182 valence electrons. The smallest absolute Gasteiger partial charge is 0.257 e. The molecule has 0 atom stereocenters. The van der Waals surface area contributed by atoms with E-state index in [4.69, 9.17) is 21.3 Å². The quantitative estimate of drug-likeness (QED) is 0.478. The summed E-state index contributed by atoms with van der Waals surface area (Å²) in [6, 6.07) is 7.67. The van der Waals surface area contributed by atoms with Crippen LogP contribution in [0.3, 0.4) is 0 Å². The lowest BCUT2D eigenvalue weighted by Gasteiger charge is -2.54. The summed E-state index contributed by atoms with van der Waals surface area (Å²) in [6.45, 7) is 9.09. The number of anilines is 1.